The number of benzene rings is 2. The van der Waals surface area contributed by atoms with Crippen molar-refractivity contribution in [3.8, 4) is 0 Å². The molecule has 4 heteroatoms. The molecule has 0 atom stereocenters. The lowest BCUT2D eigenvalue weighted by Crippen LogP contribution is -2.04. The number of ketones is 1. The van der Waals surface area contributed by atoms with Gasteiger partial charge in [0.15, 0.2) is 5.78 Å². The monoisotopic (exact) mass is 342 g/mol. The van der Waals surface area contributed by atoms with Crippen molar-refractivity contribution >= 4 is 44.9 Å². The minimum atomic E-state index is -0.0105. The van der Waals surface area contributed by atoms with E-state index in [9.17, 15) is 4.79 Å². The van der Waals surface area contributed by atoms with Crippen LogP contribution in [0.4, 0.5) is 0 Å². The zero-order valence-corrected chi connectivity index (χ0v) is 12.4. The van der Waals surface area contributed by atoms with E-state index in [1.807, 2.05) is 12.1 Å². The maximum Gasteiger partial charge on any atom is 0.168 e. The van der Waals surface area contributed by atoms with E-state index in [4.69, 9.17) is 23.2 Å². The maximum absolute atomic E-state index is 12.1. The normalized spacial score (nSPS) is 10.4. The highest BCUT2D eigenvalue weighted by Gasteiger charge is 2.12. The van der Waals surface area contributed by atoms with Crippen LogP contribution in [0.2, 0.25) is 10.0 Å². The molecule has 0 spiro atoms. The first-order valence-electron chi connectivity index (χ1n) is 5.29. The molecule has 2 rings (SSSR count). The van der Waals surface area contributed by atoms with Crippen molar-refractivity contribution in [2.45, 2.75) is 6.42 Å². The Kier molecular flexibility index (Phi) is 4.44. The van der Waals surface area contributed by atoms with Crippen molar-refractivity contribution in [1.29, 1.82) is 0 Å². The van der Waals surface area contributed by atoms with Crippen molar-refractivity contribution < 1.29 is 4.79 Å². The van der Waals surface area contributed by atoms with Crippen LogP contribution < -0.4 is 0 Å². The molecule has 0 saturated heterocycles. The largest absolute Gasteiger partial charge is 0.294 e. The molecule has 0 aliphatic carbocycles. The molecule has 18 heavy (non-hydrogen) atoms. The van der Waals surface area contributed by atoms with Crippen LogP contribution in [0.15, 0.2) is 46.9 Å². The van der Waals surface area contributed by atoms with Crippen LogP contribution in [0.1, 0.15) is 15.9 Å². The second-order valence-corrected chi connectivity index (χ2v) is 5.50. The maximum atomic E-state index is 12.1. The highest BCUT2D eigenvalue weighted by molar-refractivity contribution is 9.10. The molecule has 1 nitrogen and oxygen atoms in total. The van der Waals surface area contributed by atoms with Crippen molar-refractivity contribution in [3.05, 3.63) is 68.1 Å². The summed E-state index contributed by atoms with van der Waals surface area (Å²) in [5, 5.41) is 1.11. The predicted octanol–water partition coefficient (Wildman–Crippen LogP) is 5.18. The van der Waals surface area contributed by atoms with Gasteiger partial charge in [-0.25, -0.2) is 0 Å². The Bertz CT molecular complexity index is 579. The molecule has 0 fully saturated rings. The lowest BCUT2D eigenvalue weighted by Gasteiger charge is -2.05. The zero-order valence-electron chi connectivity index (χ0n) is 9.29. The summed E-state index contributed by atoms with van der Waals surface area (Å²) in [5.41, 5.74) is 1.45. The molecule has 2 aromatic rings. The summed E-state index contributed by atoms with van der Waals surface area (Å²) >= 11 is 15.2. The summed E-state index contributed by atoms with van der Waals surface area (Å²) in [7, 11) is 0. The molecule has 0 aliphatic heterocycles. The summed E-state index contributed by atoms with van der Waals surface area (Å²) in [6.07, 6.45) is 0.313. The second-order valence-electron chi connectivity index (χ2n) is 3.83. The molecule has 2 aromatic carbocycles. The molecule has 0 heterocycles. The number of halogens is 3. The van der Waals surface area contributed by atoms with Crippen LogP contribution in [0.25, 0.3) is 0 Å². The fourth-order valence-corrected chi connectivity index (χ4v) is 2.33. The molecule has 0 unspecified atom stereocenters. The van der Waals surface area contributed by atoms with E-state index in [0.29, 0.717) is 22.0 Å². The van der Waals surface area contributed by atoms with Crippen LogP contribution in [0.3, 0.4) is 0 Å². The van der Waals surface area contributed by atoms with E-state index < -0.39 is 0 Å². The number of rotatable bonds is 3. The molecule has 0 bridgehead atoms. The van der Waals surface area contributed by atoms with Crippen molar-refractivity contribution in [3.63, 3.8) is 0 Å². The van der Waals surface area contributed by atoms with E-state index in [-0.39, 0.29) is 5.78 Å². The third kappa shape index (κ3) is 3.14. The van der Waals surface area contributed by atoms with Gasteiger partial charge in [0, 0.05) is 21.5 Å². The highest BCUT2D eigenvalue weighted by atomic mass is 79.9. The Morgan fingerprint density at radius 3 is 2.39 bits per heavy atom. The van der Waals surface area contributed by atoms with Gasteiger partial charge in [0.05, 0.1) is 5.02 Å². The van der Waals surface area contributed by atoms with Gasteiger partial charge in [-0.1, -0.05) is 41.4 Å². The average molecular weight is 344 g/mol. The van der Waals surface area contributed by atoms with Gasteiger partial charge in [-0.05, 0) is 45.8 Å². The van der Waals surface area contributed by atoms with E-state index in [1.54, 1.807) is 30.3 Å². The quantitative estimate of drug-likeness (QED) is 0.701. The lowest BCUT2D eigenvalue weighted by atomic mass is 10.0. The zero-order chi connectivity index (χ0) is 13.1. The van der Waals surface area contributed by atoms with Gasteiger partial charge in [0.2, 0.25) is 0 Å². The number of Topliss-reactive ketones (excluding diaryl/α,β-unsaturated/α-hetero) is 1. The molecule has 0 amide bonds. The molecule has 0 saturated carbocycles. The summed E-state index contributed by atoms with van der Waals surface area (Å²) in [5.74, 6) is -0.0105. The van der Waals surface area contributed by atoms with Crippen molar-refractivity contribution in [1.82, 2.24) is 0 Å². The van der Waals surface area contributed by atoms with E-state index in [2.05, 4.69) is 15.9 Å². The predicted molar refractivity (Wildman–Crippen MR) is 78.6 cm³/mol. The Balaban J connectivity index is 2.22. The van der Waals surface area contributed by atoms with Crippen LogP contribution in [-0.2, 0) is 6.42 Å². The van der Waals surface area contributed by atoms with Crippen LogP contribution in [0, 0.1) is 0 Å². The van der Waals surface area contributed by atoms with E-state index in [0.717, 1.165) is 10.0 Å². The van der Waals surface area contributed by atoms with Gasteiger partial charge >= 0.3 is 0 Å². The number of hydrogen-bond donors (Lipinski definition) is 0. The first-order chi connectivity index (χ1) is 8.58. The Morgan fingerprint density at radius 1 is 1.06 bits per heavy atom. The second kappa shape index (κ2) is 5.87. The van der Waals surface area contributed by atoms with Crippen LogP contribution in [-0.4, -0.2) is 5.78 Å². The van der Waals surface area contributed by atoms with Crippen LogP contribution in [0.5, 0.6) is 0 Å². The molecule has 92 valence electrons. The topological polar surface area (TPSA) is 17.1 Å². The van der Waals surface area contributed by atoms with Crippen molar-refractivity contribution in [2.24, 2.45) is 0 Å². The summed E-state index contributed by atoms with van der Waals surface area (Å²) in [6.45, 7) is 0. The smallest absolute Gasteiger partial charge is 0.168 e. The van der Waals surface area contributed by atoms with Crippen molar-refractivity contribution in [2.75, 3.05) is 0 Å². The summed E-state index contributed by atoms with van der Waals surface area (Å²) in [6, 6.07) is 12.6. The van der Waals surface area contributed by atoms with Gasteiger partial charge < -0.3 is 0 Å². The molecule has 0 N–H and O–H groups in total. The summed E-state index contributed by atoms with van der Waals surface area (Å²) < 4.78 is 0.728. The molecular formula is C14H9BrCl2O. The molecule has 0 aliphatic rings. The third-order valence-corrected chi connectivity index (χ3v) is 4.08. The minimum Gasteiger partial charge on any atom is -0.294 e. The number of carbonyl (C=O) groups excluding carboxylic acids is 1. The van der Waals surface area contributed by atoms with Gasteiger partial charge in [-0.3, -0.25) is 4.79 Å². The first kappa shape index (κ1) is 13.6. The molecule has 0 radical (unpaired) electrons. The molecular weight excluding hydrogens is 335 g/mol. The van der Waals surface area contributed by atoms with Crippen LogP contribution >= 0.6 is 39.1 Å². The number of carbonyl (C=O) groups is 1. The highest BCUT2D eigenvalue weighted by Crippen LogP contribution is 2.27. The fraction of sp³-hybridized carbons (Fsp3) is 0.0714. The average Bonchev–Trinajstić information content (AvgIpc) is 2.35. The van der Waals surface area contributed by atoms with E-state index in [1.165, 1.54) is 0 Å². The van der Waals surface area contributed by atoms with Gasteiger partial charge in [-0.2, -0.15) is 0 Å². The van der Waals surface area contributed by atoms with E-state index >= 15 is 0 Å². The van der Waals surface area contributed by atoms with Gasteiger partial charge in [0.25, 0.3) is 0 Å². The molecule has 0 aromatic heterocycles. The third-order valence-electron chi connectivity index (χ3n) is 2.53. The first-order valence-corrected chi connectivity index (χ1v) is 6.84. The fourth-order valence-electron chi connectivity index (χ4n) is 1.60. The Morgan fingerprint density at radius 2 is 1.72 bits per heavy atom. The Hall–Kier alpha value is -0.830. The standard InChI is InChI=1S/C14H9BrCl2O/c15-12-3-1-2-11(14(12)17)13(18)8-9-4-6-10(16)7-5-9/h1-7H,8H2. The van der Waals surface area contributed by atoms with Gasteiger partial charge in [-0.15, -0.1) is 0 Å². The lowest BCUT2D eigenvalue weighted by molar-refractivity contribution is 0.0993. The number of hydrogen-bond acceptors (Lipinski definition) is 1. The van der Waals surface area contributed by atoms with Gasteiger partial charge in [0.1, 0.15) is 0 Å². The minimum absolute atomic E-state index is 0.0105. The Labute approximate surface area is 124 Å². The SMILES string of the molecule is O=C(Cc1ccc(Cl)cc1)c1cccc(Br)c1Cl. The summed E-state index contributed by atoms with van der Waals surface area (Å²) in [4.78, 5) is 12.1.